The Bertz CT molecular complexity index is 530. The molecular weight excluding hydrogens is 266 g/mol. The standard InChI is InChI=1S/C13H13NO6/c15-11(10-2-1-3-20-10)14-9-5-7(12(16)17)4-8(6-9)13(18)19/h4-6,10H,1-3H2,(H,14,15)(H,16,17)(H,18,19)/t10-/m0/s1. The van der Waals surface area contributed by atoms with E-state index in [0.29, 0.717) is 13.0 Å². The SMILES string of the molecule is O=C(O)c1cc(NC(=O)[C@@H]2CCCO2)cc(C(=O)O)c1. The van der Waals surface area contributed by atoms with Crippen molar-refractivity contribution in [2.24, 2.45) is 0 Å². The van der Waals surface area contributed by atoms with E-state index in [9.17, 15) is 14.4 Å². The molecule has 20 heavy (non-hydrogen) atoms. The van der Waals surface area contributed by atoms with E-state index in [2.05, 4.69) is 5.32 Å². The molecule has 0 spiro atoms. The van der Waals surface area contributed by atoms with Crippen LogP contribution in [0.5, 0.6) is 0 Å². The molecule has 106 valence electrons. The van der Waals surface area contributed by atoms with Gasteiger partial charge in [0.25, 0.3) is 5.91 Å². The van der Waals surface area contributed by atoms with Crippen molar-refractivity contribution in [3.05, 3.63) is 29.3 Å². The van der Waals surface area contributed by atoms with Crippen LogP contribution in [0.3, 0.4) is 0 Å². The van der Waals surface area contributed by atoms with E-state index in [4.69, 9.17) is 14.9 Å². The zero-order valence-corrected chi connectivity index (χ0v) is 10.5. The summed E-state index contributed by atoms with van der Waals surface area (Å²) >= 11 is 0. The van der Waals surface area contributed by atoms with Crippen LogP contribution in [0.1, 0.15) is 33.6 Å². The van der Waals surface area contributed by atoms with Crippen LogP contribution < -0.4 is 5.32 Å². The highest BCUT2D eigenvalue weighted by Gasteiger charge is 2.24. The minimum absolute atomic E-state index is 0.128. The van der Waals surface area contributed by atoms with Crippen molar-refractivity contribution in [1.82, 2.24) is 0 Å². The van der Waals surface area contributed by atoms with Crippen molar-refractivity contribution in [1.29, 1.82) is 0 Å². The fraction of sp³-hybridized carbons (Fsp3) is 0.308. The van der Waals surface area contributed by atoms with Gasteiger partial charge in [-0.05, 0) is 31.0 Å². The lowest BCUT2D eigenvalue weighted by molar-refractivity contribution is -0.124. The van der Waals surface area contributed by atoms with Crippen molar-refractivity contribution >= 4 is 23.5 Å². The Morgan fingerprint density at radius 1 is 1.10 bits per heavy atom. The van der Waals surface area contributed by atoms with Gasteiger partial charge in [-0.25, -0.2) is 9.59 Å². The molecule has 1 aromatic rings. The first-order chi connectivity index (χ1) is 9.47. The number of hydrogen-bond donors (Lipinski definition) is 3. The highest BCUT2D eigenvalue weighted by atomic mass is 16.5. The lowest BCUT2D eigenvalue weighted by Crippen LogP contribution is -2.27. The number of ether oxygens (including phenoxy) is 1. The summed E-state index contributed by atoms with van der Waals surface area (Å²) in [6, 6.07) is 3.45. The quantitative estimate of drug-likeness (QED) is 0.763. The Hall–Kier alpha value is -2.41. The maximum Gasteiger partial charge on any atom is 0.335 e. The maximum atomic E-state index is 11.8. The molecule has 1 aromatic carbocycles. The minimum Gasteiger partial charge on any atom is -0.478 e. The first-order valence-electron chi connectivity index (χ1n) is 6.01. The normalized spacial score (nSPS) is 17.7. The molecule has 0 aliphatic carbocycles. The number of carbonyl (C=O) groups is 3. The molecule has 1 heterocycles. The second kappa shape index (κ2) is 5.70. The van der Waals surface area contributed by atoms with Crippen LogP contribution in [0.15, 0.2) is 18.2 Å². The highest BCUT2D eigenvalue weighted by molar-refractivity contribution is 5.99. The number of benzene rings is 1. The lowest BCUT2D eigenvalue weighted by Gasteiger charge is -2.11. The van der Waals surface area contributed by atoms with Gasteiger partial charge in [0.15, 0.2) is 0 Å². The number of rotatable bonds is 4. The van der Waals surface area contributed by atoms with E-state index in [1.807, 2.05) is 0 Å². The Morgan fingerprint density at radius 2 is 1.70 bits per heavy atom. The van der Waals surface area contributed by atoms with Crippen LogP contribution >= 0.6 is 0 Å². The summed E-state index contributed by atoms with van der Waals surface area (Å²) < 4.78 is 5.20. The van der Waals surface area contributed by atoms with E-state index >= 15 is 0 Å². The van der Waals surface area contributed by atoms with E-state index in [-0.39, 0.29) is 16.8 Å². The third-order valence-electron chi connectivity index (χ3n) is 2.92. The van der Waals surface area contributed by atoms with Crippen LogP contribution in [-0.2, 0) is 9.53 Å². The molecule has 0 bridgehead atoms. The predicted molar refractivity (Wildman–Crippen MR) is 68.0 cm³/mol. The fourth-order valence-corrected chi connectivity index (χ4v) is 1.95. The average Bonchev–Trinajstić information content (AvgIpc) is 2.92. The van der Waals surface area contributed by atoms with Gasteiger partial charge in [-0.3, -0.25) is 4.79 Å². The fourth-order valence-electron chi connectivity index (χ4n) is 1.95. The summed E-state index contributed by atoms with van der Waals surface area (Å²) in [5.74, 6) is -2.93. The third-order valence-corrected chi connectivity index (χ3v) is 2.92. The minimum atomic E-state index is -1.26. The van der Waals surface area contributed by atoms with E-state index < -0.39 is 23.9 Å². The smallest absolute Gasteiger partial charge is 0.335 e. The summed E-state index contributed by atoms with van der Waals surface area (Å²) in [4.78, 5) is 33.7. The van der Waals surface area contributed by atoms with Crippen LogP contribution in [0.2, 0.25) is 0 Å². The van der Waals surface area contributed by atoms with Crippen LogP contribution in [-0.4, -0.2) is 40.8 Å². The number of carbonyl (C=O) groups excluding carboxylic acids is 1. The van der Waals surface area contributed by atoms with Crippen molar-refractivity contribution in [3.63, 3.8) is 0 Å². The van der Waals surface area contributed by atoms with Gasteiger partial charge in [-0.15, -0.1) is 0 Å². The molecule has 0 aromatic heterocycles. The summed E-state index contributed by atoms with van der Waals surface area (Å²) in [6.07, 6.45) is 0.806. The molecule has 1 atom stereocenters. The van der Waals surface area contributed by atoms with Gasteiger partial charge in [0, 0.05) is 12.3 Å². The van der Waals surface area contributed by atoms with Gasteiger partial charge in [-0.2, -0.15) is 0 Å². The topological polar surface area (TPSA) is 113 Å². The molecule has 1 aliphatic heterocycles. The van der Waals surface area contributed by atoms with Gasteiger partial charge >= 0.3 is 11.9 Å². The van der Waals surface area contributed by atoms with Gasteiger partial charge in [0.2, 0.25) is 0 Å². The van der Waals surface area contributed by atoms with E-state index in [1.54, 1.807) is 0 Å². The number of nitrogens with one attached hydrogen (secondary N) is 1. The third kappa shape index (κ3) is 3.12. The molecule has 3 N–H and O–H groups in total. The lowest BCUT2D eigenvalue weighted by atomic mass is 10.1. The summed E-state index contributed by atoms with van der Waals surface area (Å²) in [5, 5.41) is 20.3. The second-order valence-corrected chi connectivity index (χ2v) is 4.40. The van der Waals surface area contributed by atoms with Gasteiger partial charge in [0.1, 0.15) is 6.10 Å². The largest absolute Gasteiger partial charge is 0.478 e. The Morgan fingerprint density at radius 3 is 2.15 bits per heavy atom. The second-order valence-electron chi connectivity index (χ2n) is 4.40. The zero-order chi connectivity index (χ0) is 14.7. The first kappa shape index (κ1) is 14.0. The number of hydrogen-bond acceptors (Lipinski definition) is 4. The Balaban J connectivity index is 2.23. The van der Waals surface area contributed by atoms with Crippen LogP contribution in [0, 0.1) is 0 Å². The number of carboxylic acids is 2. The average molecular weight is 279 g/mol. The van der Waals surface area contributed by atoms with Crippen molar-refractivity contribution in [2.45, 2.75) is 18.9 Å². The number of anilines is 1. The molecule has 7 heteroatoms. The molecule has 1 fully saturated rings. The summed E-state index contributed by atoms with van der Waals surface area (Å²) in [5.41, 5.74) is -0.275. The van der Waals surface area contributed by atoms with Crippen LogP contribution in [0.25, 0.3) is 0 Å². The van der Waals surface area contributed by atoms with Gasteiger partial charge in [0.05, 0.1) is 11.1 Å². The molecule has 1 amide bonds. The van der Waals surface area contributed by atoms with Crippen molar-refractivity contribution < 1.29 is 29.3 Å². The highest BCUT2D eigenvalue weighted by Crippen LogP contribution is 2.18. The summed E-state index contributed by atoms with van der Waals surface area (Å²) in [6.45, 7) is 0.508. The van der Waals surface area contributed by atoms with Gasteiger partial charge < -0.3 is 20.3 Å². The Kier molecular flexibility index (Phi) is 3.99. The monoisotopic (exact) mass is 279 g/mol. The Labute approximate surface area is 114 Å². The molecule has 1 saturated heterocycles. The van der Waals surface area contributed by atoms with Crippen molar-refractivity contribution in [3.8, 4) is 0 Å². The molecule has 1 aliphatic rings. The van der Waals surface area contributed by atoms with E-state index in [0.717, 1.165) is 12.5 Å². The molecule has 2 rings (SSSR count). The zero-order valence-electron chi connectivity index (χ0n) is 10.5. The van der Waals surface area contributed by atoms with E-state index in [1.165, 1.54) is 12.1 Å². The summed E-state index contributed by atoms with van der Waals surface area (Å²) in [7, 11) is 0. The first-order valence-corrected chi connectivity index (χ1v) is 6.01. The molecule has 0 radical (unpaired) electrons. The predicted octanol–water partition coefficient (Wildman–Crippen LogP) is 1.20. The number of carboxylic acid groups (broad SMARTS) is 2. The number of aromatic carboxylic acids is 2. The molecule has 0 saturated carbocycles. The molecular formula is C13H13NO6. The van der Waals surface area contributed by atoms with Crippen molar-refractivity contribution in [2.75, 3.05) is 11.9 Å². The van der Waals surface area contributed by atoms with Gasteiger partial charge in [-0.1, -0.05) is 0 Å². The molecule has 7 nitrogen and oxygen atoms in total. The molecule has 0 unspecified atom stereocenters. The number of amides is 1. The maximum absolute atomic E-state index is 11.8. The van der Waals surface area contributed by atoms with Crippen LogP contribution in [0.4, 0.5) is 5.69 Å².